The Kier molecular flexibility index (Phi) is 7.16. The van der Waals surface area contributed by atoms with E-state index >= 15 is 0 Å². The van der Waals surface area contributed by atoms with E-state index in [-0.39, 0.29) is 12.0 Å². The van der Waals surface area contributed by atoms with Gasteiger partial charge in [0.05, 0.1) is 47.0 Å². The van der Waals surface area contributed by atoms with Gasteiger partial charge in [0.1, 0.15) is 5.75 Å². The molecule has 4 aromatic rings. The molecule has 36 heavy (non-hydrogen) atoms. The molecule has 0 fully saturated rings. The first-order valence-corrected chi connectivity index (χ1v) is 13.5. The minimum atomic E-state index is -1.17. The number of hydrogen-bond donors (Lipinski definition) is 2. The van der Waals surface area contributed by atoms with Crippen molar-refractivity contribution in [1.82, 2.24) is 9.97 Å². The van der Waals surface area contributed by atoms with Crippen LogP contribution in [-0.2, 0) is 14.5 Å². The number of nitrogens with zero attached hydrogens (tertiary/aromatic N) is 1. The van der Waals surface area contributed by atoms with Crippen molar-refractivity contribution in [3.8, 4) is 22.9 Å². The number of aliphatic hydroxyl groups is 1. The van der Waals surface area contributed by atoms with Crippen molar-refractivity contribution in [2.24, 2.45) is 0 Å². The molecule has 0 unspecified atom stereocenters. The number of halogens is 1. The molecular formula is C28H28ClN2O4P. The summed E-state index contributed by atoms with van der Waals surface area (Å²) < 4.78 is 17.8. The van der Waals surface area contributed by atoms with Crippen molar-refractivity contribution in [2.45, 2.75) is 26.2 Å². The summed E-state index contributed by atoms with van der Waals surface area (Å²) in [5.74, 6) is 1.25. The van der Waals surface area contributed by atoms with E-state index in [2.05, 4.69) is 4.98 Å². The van der Waals surface area contributed by atoms with Gasteiger partial charge in [-0.15, -0.1) is 0 Å². The van der Waals surface area contributed by atoms with Crippen LogP contribution >= 0.6 is 20.0 Å². The molecule has 1 aliphatic rings. The third-order valence-electron chi connectivity index (χ3n) is 6.16. The van der Waals surface area contributed by atoms with Gasteiger partial charge in [0, 0.05) is 16.9 Å². The summed E-state index contributed by atoms with van der Waals surface area (Å²) in [6.45, 7) is 7.20. The van der Waals surface area contributed by atoms with Gasteiger partial charge in [-0.25, -0.2) is 4.98 Å². The molecule has 2 aromatic heterocycles. The molecule has 2 heterocycles. The van der Waals surface area contributed by atoms with Gasteiger partial charge in [0.2, 0.25) is 8.38 Å². The molecule has 8 heteroatoms. The average molecular weight is 523 g/mol. The molecule has 2 N–H and O–H groups in total. The Morgan fingerprint density at radius 1 is 1.00 bits per heavy atom. The standard InChI is InChI=1S/C28H28ClN2O4P/c1-4-33-36(34-5-2)25-14-21(11-6-18(25)3)35-26-16-24-23(30-26)15-22(29)27(31-24)19-7-9-20(10-8-19)28(17-32)12-13-28/h6-16,30,32H,4-5,17H2,1-3H3. The molecule has 0 saturated heterocycles. The number of aromatic nitrogens is 2. The number of pyridine rings is 1. The first-order valence-electron chi connectivity index (χ1n) is 11.9. The predicted molar refractivity (Wildman–Crippen MR) is 146 cm³/mol. The van der Waals surface area contributed by atoms with E-state index in [9.17, 15) is 5.11 Å². The number of rotatable bonds is 10. The van der Waals surface area contributed by atoms with Gasteiger partial charge in [0.15, 0.2) is 5.88 Å². The number of benzene rings is 2. The van der Waals surface area contributed by atoms with E-state index < -0.39 is 8.38 Å². The van der Waals surface area contributed by atoms with Crippen molar-refractivity contribution in [3.05, 3.63) is 82.9 Å². The van der Waals surface area contributed by atoms with Crippen molar-refractivity contribution in [1.29, 1.82) is 0 Å². The molecule has 0 atom stereocenters. The van der Waals surface area contributed by atoms with E-state index in [1.807, 2.05) is 87.5 Å². The Balaban J connectivity index is 1.40. The first-order chi connectivity index (χ1) is 17.5. The fourth-order valence-electron chi connectivity index (χ4n) is 4.08. The van der Waals surface area contributed by atoms with Crippen LogP contribution in [0.5, 0.6) is 11.6 Å². The number of fused-ring (bicyclic) bond motifs is 1. The van der Waals surface area contributed by atoms with Crippen LogP contribution < -0.4 is 10.0 Å². The van der Waals surface area contributed by atoms with Crippen LogP contribution in [-0.4, -0.2) is 34.9 Å². The van der Waals surface area contributed by atoms with Crippen LogP contribution in [0.25, 0.3) is 22.3 Å². The van der Waals surface area contributed by atoms with Gasteiger partial charge >= 0.3 is 0 Å². The lowest BCUT2D eigenvalue weighted by atomic mass is 9.93. The smallest absolute Gasteiger partial charge is 0.205 e. The summed E-state index contributed by atoms with van der Waals surface area (Å²) in [5, 5.41) is 11.2. The van der Waals surface area contributed by atoms with Crippen LogP contribution in [0.15, 0.2) is 66.7 Å². The third kappa shape index (κ3) is 4.93. The highest BCUT2D eigenvalue weighted by atomic mass is 35.5. The monoisotopic (exact) mass is 522 g/mol. The fourth-order valence-corrected chi connectivity index (χ4v) is 5.76. The van der Waals surface area contributed by atoms with Gasteiger partial charge in [-0.3, -0.25) is 0 Å². The SMILES string of the molecule is CCOP(OCC)c1cc(Oc2cc3nc(-c4ccc(C5(CO)C=C5)cc4)c(Cl)cc3[nH]2)ccc1C. The van der Waals surface area contributed by atoms with Gasteiger partial charge in [-0.2, -0.15) is 0 Å². The minimum absolute atomic E-state index is 0.0743. The number of aryl methyl sites for hydroxylation is 1. The molecule has 186 valence electrons. The lowest BCUT2D eigenvalue weighted by Gasteiger charge is -2.18. The summed E-state index contributed by atoms with van der Waals surface area (Å²) in [6.07, 6.45) is 4.01. The largest absolute Gasteiger partial charge is 0.441 e. The molecule has 6 nitrogen and oxygen atoms in total. The zero-order valence-corrected chi connectivity index (χ0v) is 22.1. The molecule has 0 spiro atoms. The van der Waals surface area contributed by atoms with E-state index in [1.165, 1.54) is 0 Å². The average Bonchev–Trinajstić information content (AvgIpc) is 3.59. The second-order valence-electron chi connectivity index (χ2n) is 8.64. The molecule has 0 bridgehead atoms. The van der Waals surface area contributed by atoms with Crippen molar-refractivity contribution in [3.63, 3.8) is 0 Å². The maximum Gasteiger partial charge on any atom is 0.205 e. The highest BCUT2D eigenvalue weighted by molar-refractivity contribution is 7.56. The first kappa shape index (κ1) is 24.9. The van der Waals surface area contributed by atoms with Crippen molar-refractivity contribution in [2.75, 3.05) is 19.8 Å². The maximum absolute atomic E-state index is 9.65. The Labute approximate surface area is 216 Å². The molecule has 5 rings (SSSR count). The van der Waals surface area contributed by atoms with Gasteiger partial charge in [0.25, 0.3) is 0 Å². The van der Waals surface area contributed by atoms with E-state index in [4.69, 9.17) is 30.4 Å². The number of nitrogens with one attached hydrogen (secondary N) is 1. The second-order valence-corrected chi connectivity index (χ2v) is 10.6. The number of aromatic amines is 1. The number of ether oxygens (including phenoxy) is 1. The fraction of sp³-hybridized carbons (Fsp3) is 0.250. The van der Waals surface area contributed by atoms with Gasteiger partial charge < -0.3 is 23.9 Å². The van der Waals surface area contributed by atoms with Gasteiger partial charge in [-0.05, 0) is 50.1 Å². The summed E-state index contributed by atoms with van der Waals surface area (Å²) >= 11 is 6.61. The van der Waals surface area contributed by atoms with Crippen LogP contribution in [0.1, 0.15) is 25.0 Å². The lowest BCUT2D eigenvalue weighted by molar-refractivity contribution is 0.267. The zero-order chi connectivity index (χ0) is 25.3. The molecule has 0 radical (unpaired) electrons. The molecular weight excluding hydrogens is 495 g/mol. The number of aliphatic hydroxyl groups excluding tert-OH is 1. The second kappa shape index (κ2) is 10.3. The molecule has 0 aliphatic heterocycles. The Bertz CT molecular complexity index is 1410. The Hall–Kier alpha value is -2.73. The van der Waals surface area contributed by atoms with Gasteiger partial charge in [-0.1, -0.05) is 54.1 Å². The van der Waals surface area contributed by atoms with E-state index in [0.717, 1.165) is 33.0 Å². The van der Waals surface area contributed by atoms with Crippen LogP contribution in [0.2, 0.25) is 5.02 Å². The lowest BCUT2D eigenvalue weighted by Crippen LogP contribution is -2.13. The summed E-state index contributed by atoms with van der Waals surface area (Å²) in [7, 11) is -1.17. The van der Waals surface area contributed by atoms with Crippen LogP contribution in [0, 0.1) is 6.92 Å². The highest BCUT2D eigenvalue weighted by Crippen LogP contribution is 2.41. The quantitative estimate of drug-likeness (QED) is 0.177. The van der Waals surface area contributed by atoms with Crippen LogP contribution in [0.3, 0.4) is 0 Å². The normalized spacial score (nSPS) is 14.1. The Morgan fingerprint density at radius 2 is 1.72 bits per heavy atom. The summed E-state index contributed by atoms with van der Waals surface area (Å²) in [5.41, 5.74) is 4.98. The predicted octanol–water partition coefficient (Wildman–Crippen LogP) is 6.79. The topological polar surface area (TPSA) is 76.6 Å². The molecule has 1 aliphatic carbocycles. The Morgan fingerprint density at radius 3 is 2.36 bits per heavy atom. The zero-order valence-electron chi connectivity index (χ0n) is 20.4. The summed E-state index contributed by atoms with van der Waals surface area (Å²) in [6, 6.07) is 17.6. The highest BCUT2D eigenvalue weighted by Gasteiger charge is 2.35. The number of hydrogen-bond acceptors (Lipinski definition) is 5. The van der Waals surface area contributed by atoms with Crippen molar-refractivity contribution >= 4 is 36.3 Å². The van der Waals surface area contributed by atoms with E-state index in [1.54, 1.807) is 0 Å². The third-order valence-corrected chi connectivity index (χ3v) is 8.30. The minimum Gasteiger partial charge on any atom is -0.441 e. The number of H-pyrrole nitrogens is 1. The van der Waals surface area contributed by atoms with Crippen LogP contribution in [0.4, 0.5) is 0 Å². The van der Waals surface area contributed by atoms with Crippen molar-refractivity contribution < 1.29 is 18.9 Å². The maximum atomic E-state index is 9.65. The summed E-state index contributed by atoms with van der Waals surface area (Å²) in [4.78, 5) is 8.06. The molecule has 2 aromatic carbocycles. The molecule has 0 saturated carbocycles. The van der Waals surface area contributed by atoms with E-state index in [0.29, 0.717) is 35.6 Å². The molecule has 0 amide bonds.